The minimum atomic E-state index is -0.669. The second-order valence-corrected chi connectivity index (χ2v) is 4.47. The topological polar surface area (TPSA) is 55.4 Å². The van der Waals surface area contributed by atoms with Crippen LogP contribution in [0.4, 0.5) is 5.69 Å². The standard InChI is InChI=1S/C15H15NO3/c1-4-11-6-5-7-12(8-11)16-9-13-14(10(2)3)19-15(17)18-13/h1,5-8,10,16H,9H2,2-3H3. The number of terminal acetylenes is 1. The van der Waals surface area contributed by atoms with Gasteiger partial charge in [0.1, 0.15) is 0 Å². The Morgan fingerprint density at radius 3 is 2.84 bits per heavy atom. The second kappa shape index (κ2) is 5.49. The molecule has 0 saturated heterocycles. The third kappa shape index (κ3) is 3.08. The molecule has 0 fully saturated rings. The van der Waals surface area contributed by atoms with E-state index in [1.54, 1.807) is 0 Å². The highest BCUT2D eigenvalue weighted by atomic mass is 16.6. The van der Waals surface area contributed by atoms with Crippen LogP contribution in [0.15, 0.2) is 37.9 Å². The van der Waals surface area contributed by atoms with Crippen molar-refractivity contribution in [2.45, 2.75) is 26.3 Å². The number of nitrogens with one attached hydrogen (secondary N) is 1. The summed E-state index contributed by atoms with van der Waals surface area (Å²) < 4.78 is 10.0. The first kappa shape index (κ1) is 13.0. The molecule has 98 valence electrons. The zero-order chi connectivity index (χ0) is 13.8. The highest BCUT2D eigenvalue weighted by molar-refractivity contribution is 5.50. The summed E-state index contributed by atoms with van der Waals surface area (Å²) >= 11 is 0. The molecule has 0 unspecified atom stereocenters. The fourth-order valence-electron chi connectivity index (χ4n) is 1.78. The van der Waals surface area contributed by atoms with Gasteiger partial charge in [0.15, 0.2) is 11.5 Å². The first-order valence-electron chi connectivity index (χ1n) is 6.03. The van der Waals surface area contributed by atoms with Gasteiger partial charge < -0.3 is 14.2 Å². The first-order valence-corrected chi connectivity index (χ1v) is 6.03. The second-order valence-electron chi connectivity index (χ2n) is 4.47. The Labute approximate surface area is 111 Å². The Bertz CT molecular complexity index is 659. The summed E-state index contributed by atoms with van der Waals surface area (Å²) in [5, 5.41) is 3.16. The van der Waals surface area contributed by atoms with Crippen LogP contribution in [0, 0.1) is 12.3 Å². The molecule has 1 heterocycles. The molecule has 0 atom stereocenters. The smallest absolute Gasteiger partial charge is 0.395 e. The molecule has 19 heavy (non-hydrogen) atoms. The largest absolute Gasteiger partial charge is 0.519 e. The number of hydrogen-bond acceptors (Lipinski definition) is 4. The van der Waals surface area contributed by atoms with Gasteiger partial charge in [-0.05, 0) is 18.2 Å². The van der Waals surface area contributed by atoms with Crippen LogP contribution in [0.3, 0.4) is 0 Å². The van der Waals surface area contributed by atoms with Crippen molar-refractivity contribution < 1.29 is 8.83 Å². The molecule has 4 heteroatoms. The highest BCUT2D eigenvalue weighted by Gasteiger charge is 2.15. The number of rotatable bonds is 4. The van der Waals surface area contributed by atoms with Crippen molar-refractivity contribution in [1.29, 1.82) is 0 Å². The van der Waals surface area contributed by atoms with Crippen LogP contribution < -0.4 is 11.1 Å². The fraction of sp³-hybridized carbons (Fsp3) is 0.267. The van der Waals surface area contributed by atoms with Crippen molar-refractivity contribution >= 4 is 5.69 Å². The maximum absolute atomic E-state index is 11.1. The minimum Gasteiger partial charge on any atom is -0.395 e. The molecular weight excluding hydrogens is 242 g/mol. The van der Waals surface area contributed by atoms with Crippen molar-refractivity contribution in [2.24, 2.45) is 0 Å². The van der Waals surface area contributed by atoms with E-state index in [0.29, 0.717) is 18.1 Å². The SMILES string of the molecule is C#Cc1cccc(NCc2oc(=O)oc2C(C)C)c1. The lowest BCUT2D eigenvalue weighted by atomic mass is 10.1. The van der Waals surface area contributed by atoms with Gasteiger partial charge in [0.2, 0.25) is 0 Å². The van der Waals surface area contributed by atoms with E-state index < -0.39 is 5.82 Å². The first-order chi connectivity index (χ1) is 9.10. The van der Waals surface area contributed by atoms with E-state index in [-0.39, 0.29) is 5.92 Å². The average molecular weight is 257 g/mol. The summed E-state index contributed by atoms with van der Waals surface area (Å²) in [6.07, 6.45) is 5.34. The van der Waals surface area contributed by atoms with Crippen LogP contribution in [-0.2, 0) is 6.54 Å². The van der Waals surface area contributed by atoms with Crippen LogP contribution >= 0.6 is 0 Å². The van der Waals surface area contributed by atoms with E-state index in [1.807, 2.05) is 38.1 Å². The van der Waals surface area contributed by atoms with Gasteiger partial charge in [0.25, 0.3) is 0 Å². The Balaban J connectivity index is 2.14. The number of anilines is 1. The summed E-state index contributed by atoms with van der Waals surface area (Å²) in [7, 11) is 0. The maximum atomic E-state index is 11.1. The zero-order valence-corrected chi connectivity index (χ0v) is 10.9. The molecule has 4 nitrogen and oxygen atoms in total. The van der Waals surface area contributed by atoms with Crippen molar-refractivity contribution in [3.8, 4) is 12.3 Å². The van der Waals surface area contributed by atoms with Gasteiger partial charge in [-0.1, -0.05) is 25.8 Å². The fourth-order valence-corrected chi connectivity index (χ4v) is 1.78. The molecule has 0 amide bonds. The Kier molecular flexibility index (Phi) is 3.76. The molecule has 0 aliphatic carbocycles. The predicted molar refractivity (Wildman–Crippen MR) is 73.0 cm³/mol. The van der Waals surface area contributed by atoms with Crippen LogP contribution in [0.1, 0.15) is 36.8 Å². The van der Waals surface area contributed by atoms with E-state index in [4.69, 9.17) is 15.3 Å². The van der Waals surface area contributed by atoms with E-state index in [0.717, 1.165) is 11.3 Å². The van der Waals surface area contributed by atoms with Gasteiger partial charge >= 0.3 is 5.82 Å². The van der Waals surface area contributed by atoms with E-state index in [1.165, 1.54) is 0 Å². The molecule has 0 aliphatic rings. The Hall–Kier alpha value is -2.41. The van der Waals surface area contributed by atoms with E-state index in [2.05, 4.69) is 11.2 Å². The Morgan fingerprint density at radius 1 is 1.37 bits per heavy atom. The van der Waals surface area contributed by atoms with Crippen LogP contribution in [-0.4, -0.2) is 0 Å². The molecule has 0 radical (unpaired) electrons. The lowest BCUT2D eigenvalue weighted by molar-refractivity contribution is 0.363. The molecule has 0 spiro atoms. The van der Waals surface area contributed by atoms with Gasteiger partial charge in [-0.3, -0.25) is 0 Å². The van der Waals surface area contributed by atoms with Gasteiger partial charge in [-0.15, -0.1) is 6.42 Å². The lowest BCUT2D eigenvalue weighted by Gasteiger charge is -2.06. The molecule has 1 aromatic heterocycles. The van der Waals surface area contributed by atoms with Crippen LogP contribution in [0.5, 0.6) is 0 Å². The minimum absolute atomic E-state index is 0.0975. The summed E-state index contributed by atoms with van der Waals surface area (Å²) in [5.41, 5.74) is 1.66. The van der Waals surface area contributed by atoms with Crippen molar-refractivity contribution in [1.82, 2.24) is 0 Å². The lowest BCUT2D eigenvalue weighted by Crippen LogP contribution is -2.02. The summed E-state index contributed by atoms with van der Waals surface area (Å²) in [4.78, 5) is 11.1. The third-order valence-electron chi connectivity index (χ3n) is 2.68. The molecular formula is C15H15NO3. The maximum Gasteiger partial charge on any atom is 0.519 e. The summed E-state index contributed by atoms with van der Waals surface area (Å²) in [6, 6.07) is 7.47. The van der Waals surface area contributed by atoms with Gasteiger partial charge in [0.05, 0.1) is 6.54 Å². The molecule has 0 aliphatic heterocycles. The molecule has 2 aromatic rings. The molecule has 0 bridgehead atoms. The van der Waals surface area contributed by atoms with Crippen LogP contribution in [0.25, 0.3) is 0 Å². The van der Waals surface area contributed by atoms with Gasteiger partial charge in [-0.25, -0.2) is 4.79 Å². The van der Waals surface area contributed by atoms with Crippen molar-refractivity contribution in [3.63, 3.8) is 0 Å². The summed E-state index contributed by atoms with van der Waals surface area (Å²) in [5.74, 6) is 3.09. The number of benzene rings is 1. The van der Waals surface area contributed by atoms with Crippen molar-refractivity contribution in [3.05, 3.63) is 52.0 Å². The van der Waals surface area contributed by atoms with E-state index >= 15 is 0 Å². The van der Waals surface area contributed by atoms with Crippen LogP contribution in [0.2, 0.25) is 0 Å². The zero-order valence-electron chi connectivity index (χ0n) is 10.9. The normalized spacial score (nSPS) is 10.4. The molecule has 1 aromatic carbocycles. The average Bonchev–Trinajstić information content (AvgIpc) is 2.78. The third-order valence-corrected chi connectivity index (χ3v) is 2.68. The molecule has 1 N–H and O–H groups in total. The van der Waals surface area contributed by atoms with Crippen molar-refractivity contribution in [2.75, 3.05) is 5.32 Å². The number of hydrogen-bond donors (Lipinski definition) is 1. The van der Waals surface area contributed by atoms with E-state index in [9.17, 15) is 4.79 Å². The Morgan fingerprint density at radius 2 is 2.16 bits per heavy atom. The quantitative estimate of drug-likeness (QED) is 0.855. The molecule has 2 rings (SSSR count). The summed E-state index contributed by atoms with van der Waals surface area (Å²) in [6.45, 7) is 4.26. The predicted octanol–water partition coefficient (Wildman–Crippen LogP) is 2.95. The highest BCUT2D eigenvalue weighted by Crippen LogP contribution is 2.19. The monoisotopic (exact) mass is 257 g/mol. The molecule has 0 saturated carbocycles. The van der Waals surface area contributed by atoms with Gasteiger partial charge in [-0.2, -0.15) is 0 Å². The van der Waals surface area contributed by atoms with Gasteiger partial charge in [0, 0.05) is 17.2 Å².